The smallest absolute Gasteiger partial charge is 0.232 e. The van der Waals surface area contributed by atoms with E-state index in [2.05, 4.69) is 25.8 Å². The van der Waals surface area contributed by atoms with Gasteiger partial charge in [-0.25, -0.2) is 9.38 Å². The van der Waals surface area contributed by atoms with Gasteiger partial charge < -0.3 is 19.9 Å². The molecule has 28 heavy (non-hydrogen) atoms. The summed E-state index contributed by atoms with van der Waals surface area (Å²) in [5, 5.41) is 10.3. The molecule has 156 valence electrons. The normalized spacial score (nSPS) is 12.9. The van der Waals surface area contributed by atoms with E-state index in [-0.39, 0.29) is 53.6 Å². The van der Waals surface area contributed by atoms with E-state index in [1.807, 2.05) is 34.6 Å². The molecule has 1 heterocycles. The van der Waals surface area contributed by atoms with Crippen molar-refractivity contribution in [3.05, 3.63) is 41.8 Å². The molecule has 0 saturated carbocycles. The van der Waals surface area contributed by atoms with Crippen molar-refractivity contribution in [1.82, 2.24) is 20.8 Å². The second kappa shape index (κ2) is 11.2. The van der Waals surface area contributed by atoms with Crippen LogP contribution in [0.5, 0.6) is 5.75 Å². The first-order valence-corrected chi connectivity index (χ1v) is 9.06. The minimum Gasteiger partial charge on any atom is -0.486 e. The molecule has 0 aliphatic heterocycles. The van der Waals surface area contributed by atoms with Crippen molar-refractivity contribution in [3.8, 4) is 5.75 Å². The molecule has 1 aromatic heterocycles. The molecule has 2 N–H and O–H groups in total. The van der Waals surface area contributed by atoms with E-state index in [4.69, 9.17) is 9.26 Å². The first-order chi connectivity index (χ1) is 12.8. The fraction of sp³-hybridized carbons (Fsp3) is 0.526. The molecule has 0 amide bonds. The first-order valence-electron chi connectivity index (χ1n) is 9.06. The lowest BCUT2D eigenvalue weighted by Crippen LogP contribution is -2.41. The highest BCUT2D eigenvalue weighted by Crippen LogP contribution is 2.19. The Morgan fingerprint density at radius 2 is 2.00 bits per heavy atom. The average Bonchev–Trinajstić information content (AvgIpc) is 3.09. The lowest BCUT2D eigenvalue weighted by Gasteiger charge is -2.17. The average molecular weight is 505 g/mol. The Kier molecular flexibility index (Phi) is 9.63. The molecule has 0 aliphatic rings. The summed E-state index contributed by atoms with van der Waals surface area (Å²) >= 11 is 0. The Hall–Kier alpha value is -1.91. The van der Waals surface area contributed by atoms with Crippen LogP contribution in [0, 0.1) is 5.82 Å². The minimum atomic E-state index is -0.378. The lowest BCUT2D eigenvalue weighted by atomic mass is 9.97. The Bertz CT molecular complexity index is 761. The fourth-order valence-corrected chi connectivity index (χ4v) is 2.15. The van der Waals surface area contributed by atoms with Crippen LogP contribution >= 0.6 is 24.0 Å². The summed E-state index contributed by atoms with van der Waals surface area (Å²) in [5.74, 6) is 1.56. The van der Waals surface area contributed by atoms with Gasteiger partial charge in [0, 0.05) is 12.0 Å². The van der Waals surface area contributed by atoms with E-state index < -0.39 is 0 Å². The number of benzene rings is 1. The largest absolute Gasteiger partial charge is 0.486 e. The van der Waals surface area contributed by atoms with Crippen LogP contribution in [0.3, 0.4) is 0 Å². The number of nitrogens with zero attached hydrogens (tertiary/aromatic N) is 3. The van der Waals surface area contributed by atoms with Gasteiger partial charge in [0.1, 0.15) is 12.6 Å². The molecule has 0 spiro atoms. The van der Waals surface area contributed by atoms with Gasteiger partial charge in [-0.2, -0.15) is 4.98 Å². The minimum absolute atomic E-state index is 0. The van der Waals surface area contributed by atoms with Crippen LogP contribution in [0.2, 0.25) is 0 Å². The van der Waals surface area contributed by atoms with Gasteiger partial charge in [-0.05, 0) is 26.0 Å². The van der Waals surface area contributed by atoms with Crippen molar-refractivity contribution in [2.24, 2.45) is 4.99 Å². The van der Waals surface area contributed by atoms with E-state index >= 15 is 0 Å². The molecule has 0 fully saturated rings. The summed E-state index contributed by atoms with van der Waals surface area (Å²) in [6.07, 6.45) is -0.247. The molecule has 0 saturated heterocycles. The summed E-state index contributed by atoms with van der Waals surface area (Å²) < 4.78 is 24.5. The van der Waals surface area contributed by atoms with Gasteiger partial charge in [-0.1, -0.05) is 38.1 Å². The monoisotopic (exact) mass is 505 g/mol. The van der Waals surface area contributed by atoms with Crippen molar-refractivity contribution >= 4 is 29.9 Å². The van der Waals surface area contributed by atoms with Crippen LogP contribution in [-0.4, -0.2) is 35.3 Å². The van der Waals surface area contributed by atoms with E-state index in [0.29, 0.717) is 30.8 Å². The van der Waals surface area contributed by atoms with Crippen molar-refractivity contribution in [1.29, 1.82) is 0 Å². The Balaban J connectivity index is 0.00000392. The first kappa shape index (κ1) is 24.1. The Morgan fingerprint density at radius 3 is 2.61 bits per heavy atom. The number of nitrogens with one attached hydrogen (secondary N) is 2. The van der Waals surface area contributed by atoms with Gasteiger partial charge in [0.25, 0.3) is 0 Å². The van der Waals surface area contributed by atoms with Gasteiger partial charge in [-0.15, -0.1) is 24.0 Å². The van der Waals surface area contributed by atoms with Gasteiger partial charge in [0.05, 0.1) is 6.54 Å². The third-order valence-corrected chi connectivity index (χ3v) is 3.55. The number of hydrogen-bond acceptors (Lipinski definition) is 5. The fourth-order valence-electron chi connectivity index (χ4n) is 2.15. The zero-order valence-electron chi connectivity index (χ0n) is 17.0. The molecule has 1 atom stereocenters. The summed E-state index contributed by atoms with van der Waals surface area (Å²) in [5.41, 5.74) is -0.197. The van der Waals surface area contributed by atoms with E-state index in [1.54, 1.807) is 18.2 Å². The lowest BCUT2D eigenvalue weighted by molar-refractivity contribution is 0.214. The van der Waals surface area contributed by atoms with Crippen LogP contribution < -0.4 is 15.4 Å². The molecule has 2 rings (SSSR count). The van der Waals surface area contributed by atoms with Gasteiger partial charge in [-0.3, -0.25) is 0 Å². The zero-order valence-corrected chi connectivity index (χ0v) is 19.3. The van der Waals surface area contributed by atoms with Gasteiger partial charge in [0.2, 0.25) is 5.89 Å². The van der Waals surface area contributed by atoms with Gasteiger partial charge >= 0.3 is 0 Å². The molecule has 0 radical (unpaired) electrons. The summed E-state index contributed by atoms with van der Waals surface area (Å²) in [7, 11) is 0. The highest BCUT2D eigenvalue weighted by molar-refractivity contribution is 14.0. The predicted molar refractivity (Wildman–Crippen MR) is 118 cm³/mol. The third-order valence-electron chi connectivity index (χ3n) is 3.55. The van der Waals surface area contributed by atoms with Crippen LogP contribution in [0.25, 0.3) is 0 Å². The van der Waals surface area contributed by atoms with Crippen molar-refractivity contribution < 1.29 is 13.7 Å². The maximum absolute atomic E-state index is 13.7. The summed E-state index contributed by atoms with van der Waals surface area (Å²) in [6.45, 7) is 11.3. The number of aromatic nitrogens is 2. The number of rotatable bonds is 7. The number of ether oxygens (including phenoxy) is 1. The van der Waals surface area contributed by atoms with Crippen LogP contribution in [0.15, 0.2) is 33.8 Å². The molecule has 9 heteroatoms. The van der Waals surface area contributed by atoms with E-state index in [9.17, 15) is 4.39 Å². The van der Waals surface area contributed by atoms with Crippen molar-refractivity contribution in [2.75, 3.05) is 13.1 Å². The van der Waals surface area contributed by atoms with Crippen molar-refractivity contribution in [3.63, 3.8) is 0 Å². The Morgan fingerprint density at radius 1 is 1.29 bits per heavy atom. The number of halogens is 2. The number of guanidine groups is 1. The molecule has 0 aliphatic carbocycles. The summed E-state index contributed by atoms with van der Waals surface area (Å²) in [4.78, 5) is 8.82. The van der Waals surface area contributed by atoms with E-state index in [0.717, 1.165) is 0 Å². The molecule has 7 nitrogen and oxygen atoms in total. The second-order valence-electron chi connectivity index (χ2n) is 7.20. The maximum Gasteiger partial charge on any atom is 0.232 e. The Labute approximate surface area is 182 Å². The van der Waals surface area contributed by atoms with Crippen molar-refractivity contribution in [2.45, 2.75) is 52.7 Å². The van der Waals surface area contributed by atoms with Crippen LogP contribution in [0.1, 0.15) is 46.3 Å². The molecule has 1 unspecified atom stereocenters. The molecular formula is C19H29FIN5O2. The zero-order chi connectivity index (χ0) is 19.9. The maximum atomic E-state index is 13.7. The number of aliphatic imine (C=N–C) groups is 1. The van der Waals surface area contributed by atoms with Gasteiger partial charge in [0.15, 0.2) is 23.4 Å². The second-order valence-corrected chi connectivity index (χ2v) is 7.20. The van der Waals surface area contributed by atoms with E-state index in [1.165, 1.54) is 6.07 Å². The summed E-state index contributed by atoms with van der Waals surface area (Å²) in [6, 6.07) is 6.34. The standard InChI is InChI=1S/C19H28FN5O2.HI/c1-6-21-18(23-12-16-24-17(27-25-16)19(3,4)5)22-11-13(2)26-15-10-8-7-9-14(15)20;/h7-10,13H,6,11-12H2,1-5H3,(H2,21,22,23);1H. The third kappa shape index (κ3) is 7.61. The SMILES string of the molecule is CCNC(=NCc1noc(C(C)(C)C)n1)NCC(C)Oc1ccccc1F.I. The highest BCUT2D eigenvalue weighted by Gasteiger charge is 2.21. The molecular weight excluding hydrogens is 476 g/mol. The quantitative estimate of drug-likeness (QED) is 0.340. The number of hydrogen-bond donors (Lipinski definition) is 2. The predicted octanol–water partition coefficient (Wildman–Crippen LogP) is 3.65. The molecule has 0 bridgehead atoms. The van der Waals surface area contributed by atoms with Crippen LogP contribution in [0.4, 0.5) is 4.39 Å². The molecule has 2 aromatic rings. The van der Waals surface area contributed by atoms with Crippen LogP contribution in [-0.2, 0) is 12.0 Å². The topological polar surface area (TPSA) is 84.6 Å². The molecule has 1 aromatic carbocycles. The highest BCUT2D eigenvalue weighted by atomic mass is 127. The number of para-hydroxylation sites is 1.